The van der Waals surface area contributed by atoms with Gasteiger partial charge in [-0.2, -0.15) is 4.98 Å². The van der Waals surface area contributed by atoms with Crippen molar-refractivity contribution >= 4 is 35.5 Å². The van der Waals surface area contributed by atoms with Crippen LogP contribution in [0, 0.1) is 6.92 Å². The van der Waals surface area contributed by atoms with Gasteiger partial charge in [0, 0.05) is 56.2 Å². The zero-order valence-corrected chi connectivity index (χ0v) is 14.9. The summed E-state index contributed by atoms with van der Waals surface area (Å²) in [4.78, 5) is 35.0. The molecule has 8 heteroatoms. The molecular weight excluding hydrogens is 332 g/mol. The monoisotopic (exact) mass is 354 g/mol. The van der Waals surface area contributed by atoms with Crippen LogP contribution in [-0.4, -0.2) is 53.4 Å². The van der Waals surface area contributed by atoms with Crippen LogP contribution in [0.3, 0.4) is 0 Å². The van der Waals surface area contributed by atoms with Gasteiger partial charge in [-0.25, -0.2) is 4.98 Å². The van der Waals surface area contributed by atoms with E-state index in [1.54, 1.807) is 4.90 Å². The smallest absolute Gasteiger partial charge is 0.229 e. The number of rotatable bonds is 5. The summed E-state index contributed by atoms with van der Waals surface area (Å²) in [6.45, 7) is 6.26. The Morgan fingerprint density at radius 3 is 2.54 bits per heavy atom. The number of nitrogens with zero attached hydrogens (tertiary/aromatic N) is 4. The number of carbonyl (C=O) groups excluding carboxylic acids is 2. The Kier molecular flexibility index (Phi) is 5.31. The van der Waals surface area contributed by atoms with Gasteiger partial charge in [0.05, 0.1) is 0 Å². The molecule has 0 radical (unpaired) electrons. The van der Waals surface area contributed by atoms with E-state index in [-0.39, 0.29) is 5.91 Å². The summed E-state index contributed by atoms with van der Waals surface area (Å²) < 4.78 is 0. The van der Waals surface area contributed by atoms with Gasteiger partial charge < -0.3 is 20.4 Å². The Hall–Kier alpha value is -3.16. The number of carbonyl (C=O) groups is 2. The lowest BCUT2D eigenvalue weighted by Gasteiger charge is -2.33. The summed E-state index contributed by atoms with van der Waals surface area (Å²) >= 11 is 0. The third kappa shape index (κ3) is 4.47. The molecule has 0 unspecified atom stereocenters. The van der Waals surface area contributed by atoms with Crippen LogP contribution in [0.1, 0.15) is 12.6 Å². The minimum Gasteiger partial charge on any atom is -0.353 e. The van der Waals surface area contributed by atoms with Gasteiger partial charge in [-0.3, -0.25) is 9.59 Å². The molecule has 3 rings (SSSR count). The molecular formula is C18H22N6O2. The molecule has 136 valence electrons. The minimum atomic E-state index is -0.120. The summed E-state index contributed by atoms with van der Waals surface area (Å²) in [6.07, 6.45) is 0.887. The van der Waals surface area contributed by atoms with Gasteiger partial charge in [-0.1, -0.05) is 6.07 Å². The normalized spacial score (nSPS) is 14.1. The molecule has 1 fully saturated rings. The zero-order chi connectivity index (χ0) is 18.5. The number of hydrogen-bond acceptors (Lipinski definition) is 6. The number of piperazine rings is 1. The van der Waals surface area contributed by atoms with Crippen LogP contribution in [-0.2, 0) is 9.59 Å². The Bertz CT molecular complexity index is 802. The fraction of sp³-hybridized carbons (Fsp3) is 0.333. The van der Waals surface area contributed by atoms with Gasteiger partial charge in [-0.15, -0.1) is 0 Å². The van der Waals surface area contributed by atoms with Crippen molar-refractivity contribution in [1.29, 1.82) is 0 Å². The first-order chi connectivity index (χ1) is 12.5. The molecule has 2 amide bonds. The number of aromatic nitrogens is 2. The summed E-state index contributed by atoms with van der Waals surface area (Å²) in [7, 11) is 0. The van der Waals surface area contributed by atoms with Crippen LogP contribution >= 0.6 is 0 Å². The molecule has 0 saturated carbocycles. The van der Waals surface area contributed by atoms with Crippen LogP contribution in [0.25, 0.3) is 0 Å². The molecule has 1 saturated heterocycles. The van der Waals surface area contributed by atoms with Crippen molar-refractivity contribution in [1.82, 2.24) is 14.9 Å². The second kappa shape index (κ2) is 7.81. The maximum atomic E-state index is 11.2. The lowest BCUT2D eigenvalue weighted by Crippen LogP contribution is -2.46. The topological polar surface area (TPSA) is 90.5 Å². The van der Waals surface area contributed by atoms with E-state index in [4.69, 9.17) is 0 Å². The molecule has 8 nitrogen and oxygen atoms in total. The number of benzene rings is 1. The highest BCUT2D eigenvalue weighted by atomic mass is 16.1. The third-order valence-electron chi connectivity index (χ3n) is 4.07. The van der Waals surface area contributed by atoms with Crippen LogP contribution < -0.4 is 15.5 Å². The molecule has 2 aromatic rings. The maximum Gasteiger partial charge on any atom is 0.229 e. The van der Waals surface area contributed by atoms with E-state index in [2.05, 4.69) is 25.5 Å². The largest absolute Gasteiger partial charge is 0.353 e. The molecule has 1 aliphatic heterocycles. The van der Waals surface area contributed by atoms with E-state index < -0.39 is 0 Å². The SMILES string of the molecule is CC(=O)Nc1cccc(Nc2nc(C)cc(N3CCN(C=O)CC3)n2)c1. The first-order valence-electron chi connectivity index (χ1n) is 8.48. The summed E-state index contributed by atoms with van der Waals surface area (Å²) in [6, 6.07) is 9.33. The van der Waals surface area contributed by atoms with Crippen molar-refractivity contribution < 1.29 is 9.59 Å². The van der Waals surface area contributed by atoms with Gasteiger partial charge >= 0.3 is 0 Å². The molecule has 0 aliphatic carbocycles. The Labute approximate surface area is 152 Å². The predicted molar refractivity (Wildman–Crippen MR) is 101 cm³/mol. The molecule has 1 aromatic carbocycles. The Balaban J connectivity index is 1.76. The van der Waals surface area contributed by atoms with Gasteiger partial charge in [0.25, 0.3) is 0 Å². The van der Waals surface area contributed by atoms with Crippen molar-refractivity contribution in [3.63, 3.8) is 0 Å². The second-order valence-corrected chi connectivity index (χ2v) is 6.21. The Morgan fingerprint density at radius 1 is 1.12 bits per heavy atom. The third-order valence-corrected chi connectivity index (χ3v) is 4.07. The van der Waals surface area contributed by atoms with Crippen LogP contribution in [0.4, 0.5) is 23.1 Å². The lowest BCUT2D eigenvalue weighted by molar-refractivity contribution is -0.118. The number of anilines is 4. The van der Waals surface area contributed by atoms with Crippen LogP contribution in [0.5, 0.6) is 0 Å². The van der Waals surface area contributed by atoms with Crippen molar-refractivity contribution in [2.24, 2.45) is 0 Å². The van der Waals surface area contributed by atoms with Gasteiger partial charge in [0.1, 0.15) is 5.82 Å². The average Bonchev–Trinajstić information content (AvgIpc) is 2.61. The van der Waals surface area contributed by atoms with E-state index >= 15 is 0 Å². The second-order valence-electron chi connectivity index (χ2n) is 6.21. The average molecular weight is 354 g/mol. The first-order valence-corrected chi connectivity index (χ1v) is 8.48. The fourth-order valence-electron chi connectivity index (χ4n) is 2.83. The molecule has 2 N–H and O–H groups in total. The van der Waals surface area contributed by atoms with Crippen molar-refractivity contribution in [2.45, 2.75) is 13.8 Å². The highest BCUT2D eigenvalue weighted by Crippen LogP contribution is 2.21. The van der Waals surface area contributed by atoms with E-state index in [0.717, 1.165) is 36.7 Å². The van der Waals surface area contributed by atoms with E-state index in [1.807, 2.05) is 37.3 Å². The van der Waals surface area contributed by atoms with Crippen molar-refractivity contribution in [3.8, 4) is 0 Å². The number of amides is 2. The van der Waals surface area contributed by atoms with Crippen LogP contribution in [0.2, 0.25) is 0 Å². The van der Waals surface area contributed by atoms with Gasteiger partial charge in [-0.05, 0) is 25.1 Å². The predicted octanol–water partition coefficient (Wildman–Crippen LogP) is 1.77. The van der Waals surface area contributed by atoms with Crippen molar-refractivity contribution in [2.75, 3.05) is 41.7 Å². The van der Waals surface area contributed by atoms with E-state index in [0.29, 0.717) is 24.7 Å². The lowest BCUT2D eigenvalue weighted by atomic mass is 10.2. The summed E-state index contributed by atoms with van der Waals surface area (Å²) in [5, 5.41) is 5.95. The molecule has 1 aliphatic rings. The molecule has 26 heavy (non-hydrogen) atoms. The molecule has 2 heterocycles. The van der Waals surface area contributed by atoms with Crippen LogP contribution in [0.15, 0.2) is 30.3 Å². The summed E-state index contributed by atoms with van der Waals surface area (Å²) in [5.41, 5.74) is 2.35. The summed E-state index contributed by atoms with van der Waals surface area (Å²) in [5.74, 6) is 1.21. The number of hydrogen-bond donors (Lipinski definition) is 2. The van der Waals surface area contributed by atoms with Gasteiger partial charge in [0.2, 0.25) is 18.3 Å². The Morgan fingerprint density at radius 2 is 1.85 bits per heavy atom. The minimum absolute atomic E-state index is 0.120. The van der Waals surface area contributed by atoms with Crippen molar-refractivity contribution in [3.05, 3.63) is 36.0 Å². The standard InChI is InChI=1S/C18H22N6O2/c1-13-10-17(24-8-6-23(12-25)7-9-24)22-18(19-13)21-16-5-3-4-15(11-16)20-14(2)26/h3-5,10-12H,6-9H2,1-2H3,(H,20,26)(H,19,21,22). The quantitative estimate of drug-likeness (QED) is 0.795. The maximum absolute atomic E-state index is 11.2. The molecule has 0 bridgehead atoms. The zero-order valence-electron chi connectivity index (χ0n) is 14.9. The molecule has 0 atom stereocenters. The highest BCUT2D eigenvalue weighted by Gasteiger charge is 2.17. The number of nitrogens with one attached hydrogen (secondary N) is 2. The molecule has 1 aromatic heterocycles. The van der Waals surface area contributed by atoms with E-state index in [9.17, 15) is 9.59 Å². The first kappa shape index (κ1) is 17.7. The fourth-order valence-corrected chi connectivity index (χ4v) is 2.83. The number of aryl methyl sites for hydroxylation is 1. The molecule has 0 spiro atoms. The van der Waals surface area contributed by atoms with E-state index in [1.165, 1.54) is 6.92 Å². The van der Waals surface area contributed by atoms with Gasteiger partial charge in [0.15, 0.2) is 0 Å². The highest BCUT2D eigenvalue weighted by molar-refractivity contribution is 5.89.